The number of carbonyl (C=O) groups is 1. The smallest absolute Gasteiger partial charge is 0.338 e. The second-order valence-electron chi connectivity index (χ2n) is 6.11. The van der Waals surface area contributed by atoms with Gasteiger partial charge in [-0.1, -0.05) is 11.6 Å². The Morgan fingerprint density at radius 3 is 2.71 bits per heavy atom. The number of likely N-dealkylation sites (N-methyl/N-ethyl adjacent to an activating group) is 1. The van der Waals surface area contributed by atoms with Crippen LogP contribution < -0.4 is 0 Å². The SMILES string of the molecule is CN(C)C1CCCN(C(=O)/C=C/c2cc(C(F)(F)F)ccc2Cl)C1. The van der Waals surface area contributed by atoms with Crippen molar-refractivity contribution in [1.82, 2.24) is 9.80 Å². The van der Waals surface area contributed by atoms with Gasteiger partial charge in [0.15, 0.2) is 0 Å². The Kier molecular flexibility index (Phi) is 5.93. The van der Waals surface area contributed by atoms with Gasteiger partial charge in [0, 0.05) is 30.2 Å². The fourth-order valence-corrected chi connectivity index (χ4v) is 2.87. The third kappa shape index (κ3) is 4.74. The van der Waals surface area contributed by atoms with E-state index in [4.69, 9.17) is 11.6 Å². The maximum atomic E-state index is 12.8. The van der Waals surface area contributed by atoms with Crippen LogP contribution in [-0.4, -0.2) is 48.9 Å². The van der Waals surface area contributed by atoms with Gasteiger partial charge in [0.2, 0.25) is 5.91 Å². The van der Waals surface area contributed by atoms with Crippen molar-refractivity contribution >= 4 is 23.6 Å². The van der Waals surface area contributed by atoms with Gasteiger partial charge in [-0.15, -0.1) is 0 Å². The summed E-state index contributed by atoms with van der Waals surface area (Å²) in [6.07, 6.45) is 0.133. The molecule has 1 fully saturated rings. The Balaban J connectivity index is 2.11. The van der Waals surface area contributed by atoms with Crippen molar-refractivity contribution in [3.8, 4) is 0 Å². The summed E-state index contributed by atoms with van der Waals surface area (Å²) in [6.45, 7) is 1.27. The number of nitrogens with zero attached hydrogens (tertiary/aromatic N) is 2. The monoisotopic (exact) mass is 360 g/mol. The summed E-state index contributed by atoms with van der Waals surface area (Å²) in [4.78, 5) is 16.1. The molecule has 0 aliphatic carbocycles. The molecule has 1 aliphatic heterocycles. The predicted octanol–water partition coefficient (Wildman–Crippen LogP) is 3.92. The third-order valence-electron chi connectivity index (χ3n) is 4.17. The molecule has 0 radical (unpaired) electrons. The molecule has 0 spiro atoms. The zero-order chi connectivity index (χ0) is 17.9. The first-order valence-electron chi connectivity index (χ1n) is 7.68. The molecule has 1 amide bonds. The van der Waals surface area contributed by atoms with Crippen molar-refractivity contribution in [1.29, 1.82) is 0 Å². The van der Waals surface area contributed by atoms with Crippen molar-refractivity contribution in [2.45, 2.75) is 25.1 Å². The highest BCUT2D eigenvalue weighted by atomic mass is 35.5. The van der Waals surface area contributed by atoms with Crippen LogP contribution in [0.4, 0.5) is 13.2 Å². The highest BCUT2D eigenvalue weighted by molar-refractivity contribution is 6.32. The molecule has 132 valence electrons. The first kappa shape index (κ1) is 18.8. The minimum absolute atomic E-state index is 0.178. The number of halogens is 4. The van der Waals surface area contributed by atoms with E-state index in [0.717, 1.165) is 25.0 Å². The Morgan fingerprint density at radius 2 is 2.08 bits per heavy atom. The van der Waals surface area contributed by atoms with Gasteiger partial charge in [-0.25, -0.2) is 0 Å². The number of amides is 1. The molecule has 0 bridgehead atoms. The normalized spacial score (nSPS) is 19.3. The minimum Gasteiger partial charge on any atom is -0.338 e. The Bertz CT molecular complexity index is 629. The van der Waals surface area contributed by atoms with Crippen molar-refractivity contribution < 1.29 is 18.0 Å². The van der Waals surface area contributed by atoms with Crippen molar-refractivity contribution in [3.63, 3.8) is 0 Å². The van der Waals surface area contributed by atoms with Crippen molar-refractivity contribution in [3.05, 3.63) is 40.4 Å². The standard InChI is InChI=1S/C17H20ClF3N2O/c1-22(2)14-4-3-9-23(11-14)16(24)8-5-12-10-13(17(19,20)21)6-7-15(12)18/h5-8,10,14H,3-4,9,11H2,1-2H3/b8-5+. The summed E-state index contributed by atoms with van der Waals surface area (Å²) < 4.78 is 38.3. The largest absolute Gasteiger partial charge is 0.416 e. The summed E-state index contributed by atoms with van der Waals surface area (Å²) in [5.74, 6) is -0.213. The van der Waals surface area contributed by atoms with Crippen LogP contribution in [-0.2, 0) is 11.0 Å². The number of likely N-dealkylation sites (tertiary alicyclic amines) is 1. The fourth-order valence-electron chi connectivity index (χ4n) is 2.69. The number of carbonyl (C=O) groups excluding carboxylic acids is 1. The predicted molar refractivity (Wildman–Crippen MR) is 88.8 cm³/mol. The lowest BCUT2D eigenvalue weighted by molar-refractivity contribution is -0.137. The van der Waals surface area contributed by atoms with E-state index in [2.05, 4.69) is 4.90 Å². The van der Waals surface area contributed by atoms with E-state index in [0.29, 0.717) is 19.1 Å². The summed E-state index contributed by atoms with van der Waals surface area (Å²) in [6, 6.07) is 3.37. The molecule has 0 aromatic heterocycles. The van der Waals surface area contributed by atoms with E-state index in [9.17, 15) is 18.0 Å². The summed E-state index contributed by atoms with van der Waals surface area (Å²) in [7, 11) is 3.94. The Hall–Kier alpha value is -1.53. The quantitative estimate of drug-likeness (QED) is 0.763. The number of rotatable bonds is 3. The third-order valence-corrected chi connectivity index (χ3v) is 4.51. The fraction of sp³-hybridized carbons (Fsp3) is 0.471. The van der Waals surface area contributed by atoms with Crippen LogP contribution in [0.15, 0.2) is 24.3 Å². The average molecular weight is 361 g/mol. The lowest BCUT2D eigenvalue weighted by atomic mass is 10.0. The number of hydrogen-bond donors (Lipinski definition) is 0. The summed E-state index contributed by atoms with van der Waals surface area (Å²) in [5, 5.41) is 0.178. The van der Waals surface area contributed by atoms with Gasteiger partial charge in [-0.2, -0.15) is 13.2 Å². The first-order chi connectivity index (χ1) is 11.2. The van der Waals surface area contributed by atoms with Gasteiger partial charge in [0.1, 0.15) is 0 Å². The second kappa shape index (κ2) is 7.57. The second-order valence-corrected chi connectivity index (χ2v) is 6.52. The van der Waals surface area contributed by atoms with Gasteiger partial charge in [-0.05, 0) is 56.8 Å². The highest BCUT2D eigenvalue weighted by Gasteiger charge is 2.30. The molecular formula is C17H20ClF3N2O. The summed E-state index contributed by atoms with van der Waals surface area (Å²) in [5.41, 5.74) is -0.606. The van der Waals surface area contributed by atoms with Gasteiger partial charge < -0.3 is 9.80 Å². The first-order valence-corrected chi connectivity index (χ1v) is 8.06. The van der Waals surface area contributed by atoms with E-state index >= 15 is 0 Å². The number of alkyl halides is 3. The van der Waals surface area contributed by atoms with Crippen LogP contribution >= 0.6 is 11.6 Å². The van der Waals surface area contributed by atoms with E-state index in [1.54, 1.807) is 4.90 Å². The van der Waals surface area contributed by atoms with E-state index < -0.39 is 11.7 Å². The molecule has 1 unspecified atom stereocenters. The molecule has 24 heavy (non-hydrogen) atoms. The zero-order valence-electron chi connectivity index (χ0n) is 13.6. The van der Waals surface area contributed by atoms with Gasteiger partial charge in [0.05, 0.1) is 5.56 Å². The number of piperidine rings is 1. The van der Waals surface area contributed by atoms with Crippen LogP contribution in [0.5, 0.6) is 0 Å². The molecule has 1 aromatic carbocycles. The lowest BCUT2D eigenvalue weighted by Gasteiger charge is -2.35. The van der Waals surface area contributed by atoms with Crippen LogP contribution in [0.1, 0.15) is 24.0 Å². The lowest BCUT2D eigenvalue weighted by Crippen LogP contribution is -2.47. The molecule has 0 N–H and O–H groups in total. The van der Waals surface area contributed by atoms with Gasteiger partial charge in [-0.3, -0.25) is 4.79 Å². The van der Waals surface area contributed by atoms with Crippen LogP contribution in [0.2, 0.25) is 5.02 Å². The van der Waals surface area contributed by atoms with E-state index in [1.165, 1.54) is 18.2 Å². The maximum Gasteiger partial charge on any atom is 0.416 e. The average Bonchev–Trinajstić information content (AvgIpc) is 2.52. The highest BCUT2D eigenvalue weighted by Crippen LogP contribution is 2.32. The molecule has 0 saturated carbocycles. The van der Waals surface area contributed by atoms with Crippen LogP contribution in [0, 0.1) is 0 Å². The molecule has 2 rings (SSSR count). The van der Waals surface area contributed by atoms with Crippen LogP contribution in [0.3, 0.4) is 0 Å². The van der Waals surface area contributed by atoms with Crippen LogP contribution in [0.25, 0.3) is 6.08 Å². The van der Waals surface area contributed by atoms with Crippen molar-refractivity contribution in [2.24, 2.45) is 0 Å². The topological polar surface area (TPSA) is 23.6 Å². The minimum atomic E-state index is -4.44. The summed E-state index contributed by atoms with van der Waals surface area (Å²) >= 11 is 5.93. The van der Waals surface area contributed by atoms with Gasteiger partial charge >= 0.3 is 6.18 Å². The zero-order valence-corrected chi connectivity index (χ0v) is 14.4. The number of hydrogen-bond acceptors (Lipinski definition) is 2. The van der Waals surface area contributed by atoms with Crippen molar-refractivity contribution in [2.75, 3.05) is 27.2 Å². The van der Waals surface area contributed by atoms with Gasteiger partial charge in [0.25, 0.3) is 0 Å². The molecule has 1 aromatic rings. The molecule has 7 heteroatoms. The Morgan fingerprint density at radius 1 is 1.38 bits per heavy atom. The molecule has 1 atom stereocenters. The maximum absolute atomic E-state index is 12.8. The molecule has 1 aliphatic rings. The molecule has 3 nitrogen and oxygen atoms in total. The molecule has 1 saturated heterocycles. The molecule has 1 heterocycles. The number of benzene rings is 1. The molecular weight excluding hydrogens is 341 g/mol. The Labute approximate surface area is 144 Å². The van der Waals surface area contributed by atoms with E-state index in [-0.39, 0.29) is 16.5 Å². The van der Waals surface area contributed by atoms with E-state index in [1.807, 2.05) is 14.1 Å².